The van der Waals surface area contributed by atoms with Gasteiger partial charge in [-0.05, 0) is 49.1 Å². The second-order valence-corrected chi connectivity index (χ2v) is 11.8. The fourth-order valence-electron chi connectivity index (χ4n) is 4.48. The van der Waals surface area contributed by atoms with E-state index < -0.39 is 16.1 Å². The summed E-state index contributed by atoms with van der Waals surface area (Å²) in [5, 5.41) is 3.38. The van der Waals surface area contributed by atoms with Gasteiger partial charge in [0.15, 0.2) is 0 Å². The Bertz CT molecular complexity index is 1370. The first kappa shape index (κ1) is 30.2. The summed E-state index contributed by atoms with van der Waals surface area (Å²) in [6, 6.07) is 23.3. The topological polar surface area (TPSA) is 86.8 Å². The van der Waals surface area contributed by atoms with Gasteiger partial charge < -0.3 is 10.2 Å². The van der Waals surface area contributed by atoms with E-state index in [1.807, 2.05) is 74.5 Å². The highest BCUT2D eigenvalue weighted by molar-refractivity contribution is 7.92. The molecule has 0 saturated carbocycles. The monoisotopic (exact) mass is 569 g/mol. The first-order chi connectivity index (χ1) is 18.6. The maximum Gasteiger partial charge on any atom is 0.243 e. The molecule has 1 atom stereocenters. The molecule has 0 unspecified atom stereocenters. The third-order valence-corrected chi connectivity index (χ3v) is 8.01. The van der Waals surface area contributed by atoms with Gasteiger partial charge in [-0.2, -0.15) is 0 Å². The number of hydrogen-bond acceptors (Lipinski definition) is 4. The van der Waals surface area contributed by atoms with E-state index in [2.05, 4.69) is 5.32 Å². The molecular weight excluding hydrogens is 534 g/mol. The molecule has 9 heteroatoms. The molecule has 3 rings (SSSR count). The number of nitrogens with one attached hydrogen (secondary N) is 1. The molecule has 0 saturated heterocycles. The molecule has 0 bridgehead atoms. The van der Waals surface area contributed by atoms with Crippen molar-refractivity contribution in [2.45, 2.75) is 45.7 Å². The van der Waals surface area contributed by atoms with Gasteiger partial charge in [-0.3, -0.25) is 13.9 Å². The minimum atomic E-state index is -3.56. The molecule has 0 aliphatic rings. The Morgan fingerprint density at radius 1 is 0.949 bits per heavy atom. The van der Waals surface area contributed by atoms with Gasteiger partial charge in [-0.1, -0.05) is 78.3 Å². The van der Waals surface area contributed by atoms with Crippen molar-refractivity contribution in [1.29, 1.82) is 0 Å². The van der Waals surface area contributed by atoms with Gasteiger partial charge in [-0.25, -0.2) is 8.42 Å². The van der Waals surface area contributed by atoms with E-state index in [4.69, 9.17) is 11.6 Å². The van der Waals surface area contributed by atoms with Crippen LogP contribution in [-0.4, -0.2) is 50.5 Å². The van der Waals surface area contributed by atoms with Gasteiger partial charge in [0.1, 0.15) is 6.04 Å². The average Bonchev–Trinajstić information content (AvgIpc) is 2.90. The van der Waals surface area contributed by atoms with Gasteiger partial charge in [0.25, 0.3) is 0 Å². The van der Waals surface area contributed by atoms with Gasteiger partial charge >= 0.3 is 0 Å². The van der Waals surface area contributed by atoms with Crippen LogP contribution in [0.3, 0.4) is 0 Å². The van der Waals surface area contributed by atoms with E-state index in [0.717, 1.165) is 22.9 Å². The molecule has 0 fully saturated rings. The van der Waals surface area contributed by atoms with E-state index >= 15 is 0 Å². The van der Waals surface area contributed by atoms with Crippen LogP contribution in [0.1, 0.15) is 36.5 Å². The molecular formula is C30H36ClN3O4S. The van der Waals surface area contributed by atoms with E-state index in [0.29, 0.717) is 23.7 Å². The van der Waals surface area contributed by atoms with Crippen molar-refractivity contribution < 1.29 is 18.0 Å². The lowest BCUT2D eigenvalue weighted by Gasteiger charge is -2.32. The fraction of sp³-hybridized carbons (Fsp3) is 0.333. The Morgan fingerprint density at radius 3 is 2.23 bits per heavy atom. The quantitative estimate of drug-likeness (QED) is 0.315. The largest absolute Gasteiger partial charge is 0.355 e. The van der Waals surface area contributed by atoms with Crippen molar-refractivity contribution in [3.63, 3.8) is 0 Å². The van der Waals surface area contributed by atoms with Crippen molar-refractivity contribution in [1.82, 2.24) is 10.2 Å². The smallest absolute Gasteiger partial charge is 0.243 e. The SMILES string of the molecule is CCNC(=O)[C@@H](Cc1ccccc1)N(Cc1ccccc1Cl)C(=O)CCCN(c1ccccc1C)S(C)(=O)=O. The number of sulfonamides is 1. The van der Waals surface area contributed by atoms with Crippen molar-refractivity contribution in [3.8, 4) is 0 Å². The number of rotatable bonds is 13. The second kappa shape index (κ2) is 14.1. The number of carbonyl (C=O) groups excluding carboxylic acids is 2. The van der Waals surface area contributed by atoms with Gasteiger partial charge in [0.05, 0.1) is 11.9 Å². The molecule has 0 aliphatic carbocycles. The predicted octanol–water partition coefficient (Wildman–Crippen LogP) is 4.97. The third-order valence-electron chi connectivity index (χ3n) is 6.46. The van der Waals surface area contributed by atoms with Crippen LogP contribution in [0.15, 0.2) is 78.9 Å². The lowest BCUT2D eigenvalue weighted by atomic mass is 10.0. The van der Waals surface area contributed by atoms with Crippen LogP contribution < -0.4 is 9.62 Å². The molecule has 0 heterocycles. The number of anilines is 1. The van der Waals surface area contributed by atoms with Crippen LogP contribution in [-0.2, 0) is 32.6 Å². The highest BCUT2D eigenvalue weighted by Crippen LogP contribution is 2.24. The lowest BCUT2D eigenvalue weighted by Crippen LogP contribution is -2.50. The zero-order valence-electron chi connectivity index (χ0n) is 22.6. The standard InChI is InChI=1S/C30H36ClN3O4S/c1-4-32-30(36)28(21-24-14-6-5-7-15-24)33(22-25-16-9-10-17-26(25)31)29(35)19-12-20-34(39(3,37)38)27-18-11-8-13-23(27)2/h5-11,13-18,28H,4,12,19-22H2,1-3H3,(H,32,36)/t28-/m1/s1. The molecule has 2 amide bonds. The molecule has 208 valence electrons. The summed E-state index contributed by atoms with van der Waals surface area (Å²) in [6.45, 7) is 4.41. The molecule has 0 aromatic heterocycles. The normalized spacial score (nSPS) is 12.0. The Hall–Kier alpha value is -3.36. The number of benzene rings is 3. The van der Waals surface area contributed by atoms with E-state index in [9.17, 15) is 18.0 Å². The molecule has 7 nitrogen and oxygen atoms in total. The van der Waals surface area contributed by atoms with Crippen LogP contribution in [0.25, 0.3) is 0 Å². The van der Waals surface area contributed by atoms with Crippen molar-refractivity contribution in [2.24, 2.45) is 0 Å². The number of amides is 2. The highest BCUT2D eigenvalue weighted by Gasteiger charge is 2.30. The van der Waals surface area contributed by atoms with Gasteiger partial charge in [0.2, 0.25) is 21.8 Å². The number of likely N-dealkylation sites (N-methyl/N-ethyl adjacent to an activating group) is 1. The third kappa shape index (κ3) is 8.57. The maximum absolute atomic E-state index is 13.8. The Labute approximate surface area is 236 Å². The summed E-state index contributed by atoms with van der Waals surface area (Å²) < 4.78 is 26.5. The van der Waals surface area contributed by atoms with Gasteiger partial charge in [-0.15, -0.1) is 0 Å². The number of hydrogen-bond donors (Lipinski definition) is 1. The zero-order valence-corrected chi connectivity index (χ0v) is 24.2. The van der Waals surface area contributed by atoms with Crippen LogP contribution in [0.4, 0.5) is 5.69 Å². The summed E-state index contributed by atoms with van der Waals surface area (Å²) >= 11 is 6.45. The van der Waals surface area contributed by atoms with Crippen molar-refractivity contribution in [3.05, 3.63) is 101 Å². The average molecular weight is 570 g/mol. The summed E-state index contributed by atoms with van der Waals surface area (Å²) in [5.41, 5.74) is 3.07. The van der Waals surface area contributed by atoms with E-state index in [-0.39, 0.29) is 37.7 Å². The Morgan fingerprint density at radius 2 is 1.59 bits per heavy atom. The Balaban J connectivity index is 1.88. The highest BCUT2D eigenvalue weighted by atomic mass is 35.5. The number of para-hydroxylation sites is 1. The molecule has 1 N–H and O–H groups in total. The number of halogens is 1. The van der Waals surface area contributed by atoms with Crippen molar-refractivity contribution in [2.75, 3.05) is 23.7 Å². The molecule has 0 radical (unpaired) electrons. The van der Waals surface area contributed by atoms with E-state index in [1.54, 1.807) is 23.1 Å². The summed E-state index contributed by atoms with van der Waals surface area (Å²) in [5.74, 6) is -0.500. The maximum atomic E-state index is 13.8. The van der Waals surface area contributed by atoms with Crippen LogP contribution in [0, 0.1) is 6.92 Å². The molecule has 0 aliphatic heterocycles. The second-order valence-electron chi connectivity index (χ2n) is 9.44. The summed E-state index contributed by atoms with van der Waals surface area (Å²) in [7, 11) is -3.56. The summed E-state index contributed by atoms with van der Waals surface area (Å²) in [6.07, 6.45) is 1.84. The minimum absolute atomic E-state index is 0.0625. The molecule has 3 aromatic rings. The van der Waals surface area contributed by atoms with E-state index in [1.165, 1.54) is 4.31 Å². The zero-order chi connectivity index (χ0) is 28.4. The first-order valence-electron chi connectivity index (χ1n) is 13.0. The predicted molar refractivity (Wildman–Crippen MR) is 157 cm³/mol. The van der Waals surface area contributed by atoms with Crippen LogP contribution in [0.2, 0.25) is 5.02 Å². The first-order valence-corrected chi connectivity index (χ1v) is 15.2. The molecule has 3 aromatic carbocycles. The lowest BCUT2D eigenvalue weighted by molar-refractivity contribution is -0.141. The van der Waals surface area contributed by atoms with Crippen molar-refractivity contribution >= 4 is 39.1 Å². The number of nitrogens with zero attached hydrogens (tertiary/aromatic N) is 2. The number of aryl methyl sites for hydroxylation is 1. The summed E-state index contributed by atoms with van der Waals surface area (Å²) in [4.78, 5) is 28.6. The Kier molecular flexibility index (Phi) is 10.9. The van der Waals surface area contributed by atoms with Crippen LogP contribution in [0.5, 0.6) is 0 Å². The molecule has 39 heavy (non-hydrogen) atoms. The fourth-order valence-corrected chi connectivity index (χ4v) is 5.70. The minimum Gasteiger partial charge on any atom is -0.355 e. The van der Waals surface area contributed by atoms with Gasteiger partial charge in [0, 0.05) is 37.5 Å². The number of carbonyl (C=O) groups is 2. The van der Waals surface area contributed by atoms with Crippen LogP contribution >= 0.6 is 11.6 Å². The molecule has 0 spiro atoms.